The van der Waals surface area contributed by atoms with Crippen molar-refractivity contribution in [3.63, 3.8) is 0 Å². The minimum absolute atomic E-state index is 0.137. The molecule has 0 spiro atoms. The molecule has 0 radical (unpaired) electrons. The van der Waals surface area contributed by atoms with Gasteiger partial charge in [0.05, 0.1) is 18.7 Å². The predicted molar refractivity (Wildman–Crippen MR) is 78.4 cm³/mol. The Labute approximate surface area is 115 Å². The van der Waals surface area contributed by atoms with E-state index in [-0.39, 0.29) is 5.54 Å². The molecule has 1 aromatic rings. The Morgan fingerprint density at radius 3 is 2.58 bits per heavy atom. The van der Waals surface area contributed by atoms with Gasteiger partial charge >= 0.3 is 0 Å². The van der Waals surface area contributed by atoms with Gasteiger partial charge in [0.1, 0.15) is 5.75 Å². The molecule has 0 aromatic heterocycles. The number of ether oxygens (including phenoxy) is 1. The first-order valence-electron chi connectivity index (χ1n) is 6.92. The van der Waals surface area contributed by atoms with Gasteiger partial charge in [-0.05, 0) is 38.0 Å². The molecule has 19 heavy (non-hydrogen) atoms. The third kappa shape index (κ3) is 2.53. The second-order valence-corrected chi connectivity index (χ2v) is 5.07. The van der Waals surface area contributed by atoms with Gasteiger partial charge in [-0.15, -0.1) is 0 Å². The van der Waals surface area contributed by atoms with Crippen LogP contribution in [0.15, 0.2) is 29.3 Å². The van der Waals surface area contributed by atoms with Gasteiger partial charge in [-0.25, -0.2) is 0 Å². The summed E-state index contributed by atoms with van der Waals surface area (Å²) in [5.74, 6) is 1.56. The van der Waals surface area contributed by atoms with Crippen LogP contribution in [0.4, 0.5) is 0 Å². The topological polar surface area (TPSA) is 50.9 Å². The van der Waals surface area contributed by atoms with Gasteiger partial charge in [0, 0.05) is 6.54 Å². The van der Waals surface area contributed by atoms with Crippen LogP contribution in [0.25, 0.3) is 0 Å². The standard InChI is InChI=1S/C15H23N3O/c1-4-10-19-13-8-6-12(7-9-13)15(3)11-17-14(16)18(15)5-2/h6-9H,4-5,10-11H2,1-3H3,(H2,16,17). The summed E-state index contributed by atoms with van der Waals surface area (Å²) in [6.07, 6.45) is 1.02. The lowest BCUT2D eigenvalue weighted by molar-refractivity contribution is 0.234. The monoisotopic (exact) mass is 261 g/mol. The Kier molecular flexibility index (Phi) is 3.98. The number of nitrogens with zero attached hydrogens (tertiary/aromatic N) is 2. The number of rotatable bonds is 5. The maximum atomic E-state index is 5.95. The van der Waals surface area contributed by atoms with Gasteiger partial charge in [-0.3, -0.25) is 4.99 Å². The smallest absolute Gasteiger partial charge is 0.192 e. The molecule has 0 saturated carbocycles. The Morgan fingerprint density at radius 1 is 1.32 bits per heavy atom. The van der Waals surface area contributed by atoms with E-state index in [1.165, 1.54) is 5.56 Å². The first kappa shape index (κ1) is 13.7. The average Bonchev–Trinajstić information content (AvgIpc) is 2.73. The Hall–Kier alpha value is -1.71. The minimum atomic E-state index is -0.137. The van der Waals surface area contributed by atoms with E-state index in [1.54, 1.807) is 0 Å². The van der Waals surface area contributed by atoms with Crippen LogP contribution in [0.2, 0.25) is 0 Å². The molecule has 1 heterocycles. The second-order valence-electron chi connectivity index (χ2n) is 5.07. The van der Waals surface area contributed by atoms with Gasteiger partial charge in [0.2, 0.25) is 0 Å². The number of hydrogen-bond acceptors (Lipinski definition) is 4. The summed E-state index contributed by atoms with van der Waals surface area (Å²) in [7, 11) is 0. The SMILES string of the molecule is CCCOc1ccc(C2(C)CN=C(N)N2CC)cc1. The lowest BCUT2D eigenvalue weighted by atomic mass is 9.91. The lowest BCUT2D eigenvalue weighted by Gasteiger charge is -2.36. The van der Waals surface area contributed by atoms with Gasteiger partial charge in [0.15, 0.2) is 5.96 Å². The normalized spacial score (nSPS) is 22.5. The molecule has 104 valence electrons. The van der Waals surface area contributed by atoms with E-state index in [2.05, 4.69) is 42.8 Å². The first-order chi connectivity index (χ1) is 9.11. The molecule has 2 rings (SSSR count). The molecule has 1 aliphatic heterocycles. The van der Waals surface area contributed by atoms with Crippen LogP contribution in [0, 0.1) is 0 Å². The Morgan fingerprint density at radius 2 is 2.00 bits per heavy atom. The largest absolute Gasteiger partial charge is 0.494 e. The first-order valence-corrected chi connectivity index (χ1v) is 6.92. The maximum absolute atomic E-state index is 5.95. The van der Waals surface area contributed by atoms with E-state index in [0.29, 0.717) is 12.5 Å². The molecule has 4 heteroatoms. The molecule has 0 amide bonds. The second kappa shape index (κ2) is 5.51. The number of aliphatic imine (C=N–C) groups is 1. The fraction of sp³-hybridized carbons (Fsp3) is 0.533. The zero-order valence-corrected chi connectivity index (χ0v) is 12.0. The van der Waals surface area contributed by atoms with Crippen molar-refractivity contribution in [2.45, 2.75) is 32.7 Å². The third-order valence-electron chi connectivity index (χ3n) is 3.69. The molecular weight excluding hydrogens is 238 g/mol. The number of hydrogen-bond donors (Lipinski definition) is 1. The average molecular weight is 261 g/mol. The highest BCUT2D eigenvalue weighted by molar-refractivity contribution is 5.81. The van der Waals surface area contributed by atoms with E-state index in [1.807, 2.05) is 12.1 Å². The quantitative estimate of drug-likeness (QED) is 0.885. The predicted octanol–water partition coefficient (Wildman–Crippen LogP) is 2.34. The van der Waals surface area contributed by atoms with E-state index in [4.69, 9.17) is 10.5 Å². The number of likely N-dealkylation sites (N-methyl/N-ethyl adjacent to an activating group) is 1. The molecule has 4 nitrogen and oxygen atoms in total. The number of nitrogens with two attached hydrogens (primary N) is 1. The lowest BCUT2D eigenvalue weighted by Crippen LogP contribution is -2.47. The highest BCUT2D eigenvalue weighted by Crippen LogP contribution is 2.33. The summed E-state index contributed by atoms with van der Waals surface area (Å²) in [6.45, 7) is 8.72. The molecule has 1 atom stereocenters. The van der Waals surface area contributed by atoms with Crippen LogP contribution >= 0.6 is 0 Å². The van der Waals surface area contributed by atoms with Gasteiger partial charge in [-0.2, -0.15) is 0 Å². The summed E-state index contributed by atoms with van der Waals surface area (Å²) in [6, 6.07) is 8.28. The molecule has 1 aromatic carbocycles. The van der Waals surface area contributed by atoms with E-state index < -0.39 is 0 Å². The third-order valence-corrected chi connectivity index (χ3v) is 3.69. The molecule has 0 bridgehead atoms. The van der Waals surface area contributed by atoms with Crippen molar-refractivity contribution in [3.8, 4) is 5.75 Å². The van der Waals surface area contributed by atoms with Crippen molar-refractivity contribution in [1.82, 2.24) is 4.90 Å². The van der Waals surface area contributed by atoms with Gasteiger partial charge < -0.3 is 15.4 Å². The van der Waals surface area contributed by atoms with Crippen molar-refractivity contribution in [3.05, 3.63) is 29.8 Å². The van der Waals surface area contributed by atoms with Crippen LogP contribution in [-0.2, 0) is 5.54 Å². The van der Waals surface area contributed by atoms with E-state index in [0.717, 1.165) is 25.3 Å². The van der Waals surface area contributed by atoms with E-state index in [9.17, 15) is 0 Å². The number of guanidine groups is 1. The summed E-state index contributed by atoms with van der Waals surface area (Å²) in [5.41, 5.74) is 7.04. The molecule has 0 aliphatic carbocycles. The molecule has 1 aliphatic rings. The molecule has 1 unspecified atom stereocenters. The summed E-state index contributed by atoms with van der Waals surface area (Å²) in [4.78, 5) is 6.53. The van der Waals surface area contributed by atoms with Gasteiger partial charge in [0.25, 0.3) is 0 Å². The van der Waals surface area contributed by atoms with Crippen LogP contribution in [-0.4, -0.2) is 30.6 Å². The molecule has 0 fully saturated rings. The zero-order valence-electron chi connectivity index (χ0n) is 12.0. The molecule has 0 saturated heterocycles. The summed E-state index contributed by atoms with van der Waals surface area (Å²) in [5, 5.41) is 0. The van der Waals surface area contributed by atoms with Crippen molar-refractivity contribution < 1.29 is 4.74 Å². The van der Waals surface area contributed by atoms with Crippen LogP contribution < -0.4 is 10.5 Å². The zero-order chi connectivity index (χ0) is 13.9. The van der Waals surface area contributed by atoms with Crippen molar-refractivity contribution >= 4 is 5.96 Å². The Bertz CT molecular complexity index is 455. The maximum Gasteiger partial charge on any atom is 0.192 e. The van der Waals surface area contributed by atoms with Crippen LogP contribution in [0.1, 0.15) is 32.8 Å². The highest BCUT2D eigenvalue weighted by Gasteiger charge is 2.38. The fourth-order valence-corrected chi connectivity index (χ4v) is 2.55. The van der Waals surface area contributed by atoms with Crippen molar-refractivity contribution in [2.24, 2.45) is 10.7 Å². The molecule has 2 N–H and O–H groups in total. The summed E-state index contributed by atoms with van der Waals surface area (Å²) < 4.78 is 5.61. The molecular formula is C15H23N3O. The Balaban J connectivity index is 2.18. The highest BCUT2D eigenvalue weighted by atomic mass is 16.5. The van der Waals surface area contributed by atoms with Crippen LogP contribution in [0.3, 0.4) is 0 Å². The van der Waals surface area contributed by atoms with E-state index >= 15 is 0 Å². The number of benzene rings is 1. The fourth-order valence-electron chi connectivity index (χ4n) is 2.55. The van der Waals surface area contributed by atoms with Gasteiger partial charge in [-0.1, -0.05) is 19.1 Å². The summed E-state index contributed by atoms with van der Waals surface area (Å²) >= 11 is 0. The van der Waals surface area contributed by atoms with Crippen molar-refractivity contribution in [1.29, 1.82) is 0 Å². The van der Waals surface area contributed by atoms with Crippen molar-refractivity contribution in [2.75, 3.05) is 19.7 Å². The minimum Gasteiger partial charge on any atom is -0.494 e. The van der Waals surface area contributed by atoms with Crippen LogP contribution in [0.5, 0.6) is 5.75 Å².